The Morgan fingerprint density at radius 2 is 2.15 bits per heavy atom. The molecule has 68 valence electrons. The van der Waals surface area contributed by atoms with E-state index in [9.17, 15) is 5.21 Å². The van der Waals surface area contributed by atoms with Gasteiger partial charge in [0.05, 0.1) is 5.52 Å². The second-order valence-corrected chi connectivity index (χ2v) is 3.08. The Bertz CT molecular complexity index is 420. The van der Waals surface area contributed by atoms with E-state index in [0.29, 0.717) is 0 Å². The van der Waals surface area contributed by atoms with Crippen molar-refractivity contribution in [1.29, 1.82) is 0 Å². The van der Waals surface area contributed by atoms with Crippen LogP contribution in [0, 0.1) is 0 Å². The summed E-state index contributed by atoms with van der Waals surface area (Å²) in [6.07, 6.45) is 1.80. The molecule has 0 aliphatic carbocycles. The fourth-order valence-corrected chi connectivity index (χ4v) is 1.45. The average Bonchev–Trinajstić information content (AvgIpc) is 2.46. The van der Waals surface area contributed by atoms with E-state index in [1.807, 2.05) is 24.3 Å². The minimum atomic E-state index is 0.740. The Balaban J connectivity index is 2.60. The van der Waals surface area contributed by atoms with Crippen LogP contribution in [0.4, 0.5) is 0 Å². The highest BCUT2D eigenvalue weighted by Gasteiger charge is 2.06. The number of hydrogen-bond donors (Lipinski definition) is 1. The van der Waals surface area contributed by atoms with E-state index in [1.165, 1.54) is 4.73 Å². The number of hydrogen-bond acceptors (Lipinski definition) is 2. The van der Waals surface area contributed by atoms with Gasteiger partial charge in [0.1, 0.15) is 11.3 Å². The predicted octanol–water partition coefficient (Wildman–Crippen LogP) is 2.23. The first-order valence-electron chi connectivity index (χ1n) is 4.48. The van der Waals surface area contributed by atoms with Crippen molar-refractivity contribution in [1.82, 2.24) is 9.71 Å². The molecule has 1 aromatic carbocycles. The molecular weight excluding hydrogens is 164 g/mol. The highest BCUT2D eigenvalue weighted by Crippen LogP contribution is 2.14. The van der Waals surface area contributed by atoms with Crippen LogP contribution in [0.3, 0.4) is 0 Å². The zero-order chi connectivity index (χ0) is 9.26. The second-order valence-electron chi connectivity index (χ2n) is 3.08. The lowest BCUT2D eigenvalue weighted by atomic mass is 10.3. The number of aromatic nitrogens is 2. The van der Waals surface area contributed by atoms with Gasteiger partial charge in [-0.1, -0.05) is 19.1 Å². The fraction of sp³-hybridized carbons (Fsp3) is 0.300. The summed E-state index contributed by atoms with van der Waals surface area (Å²) < 4.78 is 1.18. The molecule has 1 aromatic heterocycles. The molecule has 0 saturated carbocycles. The van der Waals surface area contributed by atoms with Gasteiger partial charge in [0.15, 0.2) is 0 Å². The molecule has 0 atom stereocenters. The van der Waals surface area contributed by atoms with Crippen LogP contribution in [0.15, 0.2) is 24.3 Å². The maximum absolute atomic E-state index is 9.67. The number of nitrogens with zero attached hydrogens (tertiary/aromatic N) is 2. The lowest BCUT2D eigenvalue weighted by Gasteiger charge is -1.96. The molecule has 0 saturated heterocycles. The smallest absolute Gasteiger partial charge is 0.145 e. The van der Waals surface area contributed by atoms with Crippen molar-refractivity contribution in [2.75, 3.05) is 0 Å². The summed E-state index contributed by atoms with van der Waals surface area (Å²) in [6.45, 7) is 2.07. The fourth-order valence-electron chi connectivity index (χ4n) is 1.45. The Labute approximate surface area is 76.6 Å². The molecule has 0 bridgehead atoms. The van der Waals surface area contributed by atoms with Crippen molar-refractivity contribution in [2.45, 2.75) is 19.8 Å². The Morgan fingerprint density at radius 3 is 2.85 bits per heavy atom. The molecule has 2 rings (SSSR count). The van der Waals surface area contributed by atoms with Crippen molar-refractivity contribution in [3.8, 4) is 0 Å². The van der Waals surface area contributed by atoms with E-state index in [4.69, 9.17) is 0 Å². The molecule has 1 heterocycles. The molecule has 0 fully saturated rings. The van der Waals surface area contributed by atoms with E-state index in [-0.39, 0.29) is 0 Å². The van der Waals surface area contributed by atoms with Gasteiger partial charge < -0.3 is 5.21 Å². The van der Waals surface area contributed by atoms with Crippen LogP contribution >= 0.6 is 0 Å². The summed E-state index contributed by atoms with van der Waals surface area (Å²) in [4.78, 5) is 4.31. The number of rotatable bonds is 2. The molecule has 3 heteroatoms. The first-order valence-corrected chi connectivity index (χ1v) is 4.48. The summed E-state index contributed by atoms with van der Waals surface area (Å²) in [5.41, 5.74) is 1.64. The van der Waals surface area contributed by atoms with Gasteiger partial charge in [0.2, 0.25) is 0 Å². The normalized spacial score (nSPS) is 10.8. The van der Waals surface area contributed by atoms with E-state index in [1.54, 1.807) is 0 Å². The van der Waals surface area contributed by atoms with Crippen LogP contribution in [0.5, 0.6) is 0 Å². The monoisotopic (exact) mass is 176 g/mol. The second kappa shape index (κ2) is 3.09. The van der Waals surface area contributed by atoms with Gasteiger partial charge in [-0.2, -0.15) is 4.73 Å². The third-order valence-electron chi connectivity index (χ3n) is 2.08. The number of fused-ring (bicyclic) bond motifs is 1. The Kier molecular flexibility index (Phi) is 1.93. The number of aryl methyl sites for hydroxylation is 1. The Hall–Kier alpha value is -1.51. The van der Waals surface area contributed by atoms with Crippen LogP contribution in [0.1, 0.15) is 19.2 Å². The van der Waals surface area contributed by atoms with Gasteiger partial charge in [-0.05, 0) is 18.6 Å². The lowest BCUT2D eigenvalue weighted by Crippen LogP contribution is -1.97. The topological polar surface area (TPSA) is 38.0 Å². The zero-order valence-corrected chi connectivity index (χ0v) is 7.57. The molecule has 0 spiro atoms. The average molecular weight is 176 g/mol. The molecule has 13 heavy (non-hydrogen) atoms. The quantitative estimate of drug-likeness (QED) is 0.712. The molecular formula is C10H12N2O. The van der Waals surface area contributed by atoms with Crippen LogP contribution in [-0.2, 0) is 6.42 Å². The van der Waals surface area contributed by atoms with Gasteiger partial charge >= 0.3 is 0 Å². The first-order chi connectivity index (χ1) is 6.33. The summed E-state index contributed by atoms with van der Waals surface area (Å²) in [5, 5.41) is 9.67. The number of benzene rings is 1. The third-order valence-corrected chi connectivity index (χ3v) is 2.08. The SMILES string of the molecule is CCCc1nc2ccccc2n1O. The van der Waals surface area contributed by atoms with Crippen LogP contribution in [0.25, 0.3) is 11.0 Å². The third kappa shape index (κ3) is 1.26. The minimum Gasteiger partial charge on any atom is -0.427 e. The van der Waals surface area contributed by atoms with Gasteiger partial charge in [-0.3, -0.25) is 0 Å². The maximum Gasteiger partial charge on any atom is 0.145 e. The van der Waals surface area contributed by atoms with Crippen molar-refractivity contribution in [3.05, 3.63) is 30.1 Å². The largest absolute Gasteiger partial charge is 0.427 e. The van der Waals surface area contributed by atoms with Crippen LogP contribution < -0.4 is 0 Å². The zero-order valence-electron chi connectivity index (χ0n) is 7.57. The summed E-state index contributed by atoms with van der Waals surface area (Å²) in [7, 11) is 0. The minimum absolute atomic E-state index is 0.740. The molecule has 2 aromatic rings. The highest BCUT2D eigenvalue weighted by atomic mass is 16.5. The van der Waals surface area contributed by atoms with E-state index in [0.717, 1.165) is 29.7 Å². The van der Waals surface area contributed by atoms with E-state index < -0.39 is 0 Å². The van der Waals surface area contributed by atoms with Crippen molar-refractivity contribution < 1.29 is 5.21 Å². The maximum atomic E-state index is 9.67. The van der Waals surface area contributed by atoms with E-state index >= 15 is 0 Å². The van der Waals surface area contributed by atoms with Crippen molar-refractivity contribution in [2.24, 2.45) is 0 Å². The van der Waals surface area contributed by atoms with Gasteiger partial charge in [0, 0.05) is 6.42 Å². The van der Waals surface area contributed by atoms with Crippen LogP contribution in [-0.4, -0.2) is 14.9 Å². The number of imidazole rings is 1. The van der Waals surface area contributed by atoms with Gasteiger partial charge in [-0.25, -0.2) is 4.98 Å². The molecule has 3 nitrogen and oxygen atoms in total. The number of para-hydroxylation sites is 2. The summed E-state index contributed by atoms with van der Waals surface area (Å²) >= 11 is 0. The van der Waals surface area contributed by atoms with Crippen molar-refractivity contribution >= 4 is 11.0 Å². The molecule has 0 aliphatic rings. The molecule has 0 amide bonds. The van der Waals surface area contributed by atoms with Crippen molar-refractivity contribution in [3.63, 3.8) is 0 Å². The van der Waals surface area contributed by atoms with Gasteiger partial charge in [-0.15, -0.1) is 0 Å². The highest BCUT2D eigenvalue weighted by molar-refractivity contribution is 5.75. The summed E-state index contributed by atoms with van der Waals surface area (Å²) in [5.74, 6) is 0.740. The predicted molar refractivity (Wildman–Crippen MR) is 50.9 cm³/mol. The Morgan fingerprint density at radius 1 is 1.38 bits per heavy atom. The molecule has 0 unspecified atom stereocenters. The van der Waals surface area contributed by atoms with E-state index in [2.05, 4.69) is 11.9 Å². The van der Waals surface area contributed by atoms with Crippen LogP contribution in [0.2, 0.25) is 0 Å². The standard InChI is InChI=1S/C10H12N2O/c1-2-5-10-11-8-6-3-4-7-9(8)12(10)13/h3-4,6-7,13H,2,5H2,1H3. The molecule has 1 N–H and O–H groups in total. The molecule has 0 aliphatic heterocycles. The first kappa shape index (κ1) is 8.10. The summed E-state index contributed by atoms with van der Waals surface area (Å²) in [6, 6.07) is 7.58. The molecule has 0 radical (unpaired) electrons. The van der Waals surface area contributed by atoms with Gasteiger partial charge in [0.25, 0.3) is 0 Å². The lowest BCUT2D eigenvalue weighted by molar-refractivity contribution is 0.187.